The number of benzene rings is 2. The van der Waals surface area contributed by atoms with E-state index in [-0.39, 0.29) is 24.9 Å². The van der Waals surface area contributed by atoms with Crippen molar-refractivity contribution in [1.82, 2.24) is 19.8 Å². The molecule has 6 nitrogen and oxygen atoms in total. The Balaban J connectivity index is 1.53. The molecule has 1 aromatic heterocycles. The molecule has 0 radical (unpaired) electrons. The van der Waals surface area contributed by atoms with E-state index < -0.39 is 0 Å². The number of carbonyl (C=O) groups excluding carboxylic acids is 2. The Morgan fingerprint density at radius 2 is 1.84 bits per heavy atom. The second-order valence-electron chi connectivity index (χ2n) is 8.90. The first-order chi connectivity index (χ1) is 15.4. The predicted molar refractivity (Wildman–Crippen MR) is 126 cm³/mol. The van der Waals surface area contributed by atoms with Gasteiger partial charge in [0.25, 0.3) is 5.91 Å². The first-order valence-electron chi connectivity index (χ1n) is 11.5. The molecular formula is C26H32N4O2. The summed E-state index contributed by atoms with van der Waals surface area (Å²) < 4.78 is 1.94. The number of hydrogen-bond donors (Lipinski definition) is 1. The van der Waals surface area contributed by atoms with E-state index in [2.05, 4.69) is 5.32 Å². The van der Waals surface area contributed by atoms with Crippen molar-refractivity contribution in [2.45, 2.75) is 65.1 Å². The summed E-state index contributed by atoms with van der Waals surface area (Å²) in [6.45, 7) is 4.44. The summed E-state index contributed by atoms with van der Waals surface area (Å²) in [5.74, 6) is 0.642. The Morgan fingerprint density at radius 3 is 2.59 bits per heavy atom. The molecule has 168 valence electrons. The number of aryl methyl sites for hydroxylation is 2. The second kappa shape index (κ2) is 9.55. The molecule has 6 heteroatoms. The van der Waals surface area contributed by atoms with E-state index in [4.69, 9.17) is 4.98 Å². The Hall–Kier alpha value is -3.15. The van der Waals surface area contributed by atoms with Gasteiger partial charge in [0, 0.05) is 18.7 Å². The summed E-state index contributed by atoms with van der Waals surface area (Å²) in [7, 11) is 1.92. The van der Waals surface area contributed by atoms with Gasteiger partial charge in [-0.25, -0.2) is 4.98 Å². The maximum atomic E-state index is 13.1. The summed E-state index contributed by atoms with van der Waals surface area (Å²) in [5, 5.41) is 3.00. The van der Waals surface area contributed by atoms with Gasteiger partial charge in [0.05, 0.1) is 17.6 Å². The maximum absolute atomic E-state index is 13.1. The smallest absolute Gasteiger partial charge is 0.251 e. The zero-order valence-electron chi connectivity index (χ0n) is 19.2. The summed E-state index contributed by atoms with van der Waals surface area (Å²) >= 11 is 0. The van der Waals surface area contributed by atoms with Crippen LogP contribution in [0.25, 0.3) is 11.0 Å². The van der Waals surface area contributed by atoms with Gasteiger partial charge in [-0.3, -0.25) is 9.59 Å². The molecule has 0 unspecified atom stereocenters. The van der Waals surface area contributed by atoms with Crippen molar-refractivity contribution in [3.63, 3.8) is 0 Å². The minimum absolute atomic E-state index is 0.0852. The van der Waals surface area contributed by atoms with E-state index >= 15 is 0 Å². The summed E-state index contributed by atoms with van der Waals surface area (Å²) in [6.07, 6.45) is 5.78. The molecule has 1 saturated carbocycles. The van der Waals surface area contributed by atoms with E-state index in [0.29, 0.717) is 17.4 Å². The minimum Gasteiger partial charge on any atom is -0.345 e. The number of likely N-dealkylation sites (N-methyl/N-ethyl adjacent to an activating group) is 1. The minimum atomic E-state index is -0.133. The molecule has 0 spiro atoms. The molecule has 2 amide bonds. The van der Waals surface area contributed by atoms with Crippen LogP contribution in [-0.4, -0.2) is 39.4 Å². The predicted octanol–water partition coefficient (Wildman–Crippen LogP) is 4.37. The highest BCUT2D eigenvalue weighted by atomic mass is 16.2. The van der Waals surface area contributed by atoms with Crippen molar-refractivity contribution in [2.24, 2.45) is 0 Å². The van der Waals surface area contributed by atoms with Gasteiger partial charge in [-0.15, -0.1) is 0 Å². The number of amides is 2. The third-order valence-corrected chi connectivity index (χ3v) is 6.58. The van der Waals surface area contributed by atoms with Crippen LogP contribution in [0.2, 0.25) is 0 Å². The molecule has 1 heterocycles. The SMILES string of the molecule is Cc1ccc(C(=O)NCc2nc3ccccc3n2CC(=O)N(C)C2CCCCC2)c(C)c1. The monoisotopic (exact) mass is 432 g/mol. The first-order valence-corrected chi connectivity index (χ1v) is 11.5. The van der Waals surface area contributed by atoms with Crippen molar-refractivity contribution < 1.29 is 9.59 Å². The van der Waals surface area contributed by atoms with Crippen LogP contribution in [0.1, 0.15) is 59.4 Å². The summed E-state index contributed by atoms with van der Waals surface area (Å²) in [5.41, 5.74) is 4.47. The van der Waals surface area contributed by atoms with Gasteiger partial charge in [-0.1, -0.05) is 49.1 Å². The molecule has 0 bridgehead atoms. The van der Waals surface area contributed by atoms with Crippen molar-refractivity contribution in [1.29, 1.82) is 0 Å². The zero-order chi connectivity index (χ0) is 22.7. The number of fused-ring (bicyclic) bond motifs is 1. The molecule has 1 aliphatic rings. The highest BCUT2D eigenvalue weighted by Gasteiger charge is 2.23. The fourth-order valence-electron chi connectivity index (χ4n) is 4.68. The van der Waals surface area contributed by atoms with Crippen LogP contribution >= 0.6 is 0 Å². The molecule has 0 atom stereocenters. The molecule has 1 aliphatic carbocycles. The fraction of sp³-hybridized carbons (Fsp3) is 0.423. The van der Waals surface area contributed by atoms with Crippen LogP contribution in [0, 0.1) is 13.8 Å². The van der Waals surface area contributed by atoms with Crippen LogP contribution in [0.4, 0.5) is 0 Å². The number of nitrogens with one attached hydrogen (secondary N) is 1. The lowest BCUT2D eigenvalue weighted by Crippen LogP contribution is -2.40. The van der Waals surface area contributed by atoms with Crippen molar-refractivity contribution in [2.75, 3.05) is 7.05 Å². The average molecular weight is 433 g/mol. The highest BCUT2D eigenvalue weighted by molar-refractivity contribution is 5.95. The van der Waals surface area contributed by atoms with Crippen LogP contribution < -0.4 is 5.32 Å². The second-order valence-corrected chi connectivity index (χ2v) is 8.90. The van der Waals surface area contributed by atoms with Crippen molar-refractivity contribution in [3.8, 4) is 0 Å². The summed E-state index contributed by atoms with van der Waals surface area (Å²) in [6, 6.07) is 13.9. The van der Waals surface area contributed by atoms with Crippen LogP contribution in [0.5, 0.6) is 0 Å². The number of carbonyl (C=O) groups is 2. The van der Waals surface area contributed by atoms with Crippen LogP contribution in [0.3, 0.4) is 0 Å². The molecule has 0 saturated heterocycles. The van der Waals surface area contributed by atoms with Gasteiger partial charge in [0.1, 0.15) is 12.4 Å². The summed E-state index contributed by atoms with van der Waals surface area (Å²) in [4.78, 5) is 32.5. The fourth-order valence-corrected chi connectivity index (χ4v) is 4.68. The van der Waals surface area contributed by atoms with Crippen molar-refractivity contribution >= 4 is 22.8 Å². The lowest BCUT2D eigenvalue weighted by molar-refractivity contribution is -0.133. The molecular weight excluding hydrogens is 400 g/mol. The Labute approximate surface area is 189 Å². The molecule has 4 rings (SSSR count). The number of nitrogens with zero attached hydrogens (tertiary/aromatic N) is 3. The number of rotatable bonds is 6. The van der Waals surface area contributed by atoms with E-state index in [1.54, 1.807) is 0 Å². The Kier molecular flexibility index (Phi) is 6.58. The molecule has 0 aliphatic heterocycles. The van der Waals surface area contributed by atoms with Gasteiger partial charge in [-0.2, -0.15) is 0 Å². The normalized spacial score (nSPS) is 14.5. The molecule has 1 N–H and O–H groups in total. The largest absolute Gasteiger partial charge is 0.345 e. The molecule has 1 fully saturated rings. The first kappa shape index (κ1) is 22.1. The standard InChI is InChI=1S/C26H32N4O2/c1-18-13-14-21(19(2)15-18)26(32)27-16-24-28-22-11-7-8-12-23(22)30(24)17-25(31)29(3)20-9-5-4-6-10-20/h7-8,11-15,20H,4-6,9-10,16-17H2,1-3H3,(H,27,32). The number of hydrogen-bond acceptors (Lipinski definition) is 3. The zero-order valence-corrected chi connectivity index (χ0v) is 19.2. The van der Waals surface area contributed by atoms with Gasteiger partial charge >= 0.3 is 0 Å². The Bertz CT molecular complexity index is 1130. The van der Waals surface area contributed by atoms with Crippen molar-refractivity contribution in [3.05, 3.63) is 65.0 Å². The highest BCUT2D eigenvalue weighted by Crippen LogP contribution is 2.23. The Morgan fingerprint density at radius 1 is 1.09 bits per heavy atom. The van der Waals surface area contributed by atoms with E-state index in [1.165, 1.54) is 19.3 Å². The van der Waals surface area contributed by atoms with E-state index in [0.717, 1.165) is 35.0 Å². The molecule has 3 aromatic rings. The van der Waals surface area contributed by atoms with Crippen LogP contribution in [-0.2, 0) is 17.9 Å². The van der Waals surface area contributed by atoms with E-state index in [9.17, 15) is 9.59 Å². The third-order valence-electron chi connectivity index (χ3n) is 6.58. The van der Waals surface area contributed by atoms with E-state index in [1.807, 2.05) is 72.8 Å². The third kappa shape index (κ3) is 4.69. The number of imidazole rings is 1. The lowest BCUT2D eigenvalue weighted by atomic mass is 9.94. The van der Waals surface area contributed by atoms with Gasteiger partial charge in [-0.05, 0) is 50.5 Å². The number of aromatic nitrogens is 2. The molecule has 2 aromatic carbocycles. The molecule has 32 heavy (non-hydrogen) atoms. The average Bonchev–Trinajstić information content (AvgIpc) is 3.14. The lowest BCUT2D eigenvalue weighted by Gasteiger charge is -2.31. The topological polar surface area (TPSA) is 67.2 Å². The van der Waals surface area contributed by atoms with Gasteiger partial charge in [0.15, 0.2) is 0 Å². The quantitative estimate of drug-likeness (QED) is 0.629. The maximum Gasteiger partial charge on any atom is 0.251 e. The number of para-hydroxylation sites is 2. The van der Waals surface area contributed by atoms with Gasteiger partial charge < -0.3 is 14.8 Å². The van der Waals surface area contributed by atoms with Crippen LogP contribution in [0.15, 0.2) is 42.5 Å². The van der Waals surface area contributed by atoms with Gasteiger partial charge in [0.2, 0.25) is 5.91 Å².